The van der Waals surface area contributed by atoms with E-state index in [1.165, 1.54) is 29.3 Å². The number of piperidine rings is 1. The molecule has 9 heteroatoms. The summed E-state index contributed by atoms with van der Waals surface area (Å²) in [5.74, 6) is 0.128. The van der Waals surface area contributed by atoms with Crippen molar-refractivity contribution >= 4 is 23.6 Å². The van der Waals surface area contributed by atoms with Crippen LogP contribution in [0, 0.1) is 19.7 Å². The molecule has 2 aliphatic heterocycles. The summed E-state index contributed by atoms with van der Waals surface area (Å²) < 4.78 is 24.8. The van der Waals surface area contributed by atoms with Crippen molar-refractivity contribution in [3.63, 3.8) is 0 Å². The van der Waals surface area contributed by atoms with Gasteiger partial charge in [0.25, 0.3) is 5.91 Å². The molecule has 2 heterocycles. The first kappa shape index (κ1) is 31.1. The molecule has 41 heavy (non-hydrogen) atoms. The standard InChI is InChI=1S/C32H43ClFN3O4/c1-19-20(2)29(40-15-7-14-35-31(39)41-32(4,5)6)13-11-26(19)21(3)37-24-9-10-25(37)18-23(17-24)36-30(38)22-8-12-28(34)27(33)16-22/h8,11-13,16,21,23-25H,7,9-10,14-15,17-18H2,1-6H3,(H,35,39)(H,36,38). The third-order valence-corrected chi connectivity index (χ3v) is 8.52. The topological polar surface area (TPSA) is 79.9 Å². The maximum atomic E-state index is 13.5. The Kier molecular flexibility index (Phi) is 9.85. The molecule has 0 saturated carbocycles. The number of ether oxygens (including phenoxy) is 2. The number of rotatable bonds is 9. The van der Waals surface area contributed by atoms with Gasteiger partial charge in [-0.2, -0.15) is 0 Å². The quantitative estimate of drug-likeness (QED) is 0.313. The fraction of sp³-hybridized carbons (Fsp3) is 0.562. The van der Waals surface area contributed by atoms with Crippen molar-refractivity contribution in [3.8, 4) is 5.75 Å². The average molecular weight is 588 g/mol. The van der Waals surface area contributed by atoms with Gasteiger partial charge in [0.15, 0.2) is 0 Å². The Morgan fingerprint density at radius 1 is 1.10 bits per heavy atom. The van der Waals surface area contributed by atoms with Crippen LogP contribution < -0.4 is 15.4 Å². The molecule has 7 nitrogen and oxygen atoms in total. The normalized spacial score (nSPS) is 21.3. The van der Waals surface area contributed by atoms with E-state index in [9.17, 15) is 14.0 Å². The molecule has 0 spiro atoms. The molecule has 0 aliphatic carbocycles. The zero-order valence-electron chi connectivity index (χ0n) is 25.0. The van der Waals surface area contributed by atoms with E-state index in [4.69, 9.17) is 21.1 Å². The number of fused-ring (bicyclic) bond motifs is 2. The number of nitrogens with zero attached hydrogens (tertiary/aromatic N) is 1. The lowest BCUT2D eigenvalue weighted by Crippen LogP contribution is -2.51. The van der Waals surface area contributed by atoms with Gasteiger partial charge in [-0.25, -0.2) is 9.18 Å². The maximum absolute atomic E-state index is 13.5. The fourth-order valence-corrected chi connectivity index (χ4v) is 6.40. The molecule has 2 aromatic rings. The van der Waals surface area contributed by atoms with E-state index in [0.717, 1.165) is 37.0 Å². The Bertz CT molecular complexity index is 1250. The highest BCUT2D eigenvalue weighted by molar-refractivity contribution is 6.31. The molecule has 2 fully saturated rings. The van der Waals surface area contributed by atoms with Crippen molar-refractivity contribution in [1.82, 2.24) is 15.5 Å². The predicted octanol–water partition coefficient (Wildman–Crippen LogP) is 6.88. The summed E-state index contributed by atoms with van der Waals surface area (Å²) in [6.45, 7) is 13.0. The molecule has 3 atom stereocenters. The first-order valence-electron chi connectivity index (χ1n) is 14.6. The monoisotopic (exact) mass is 587 g/mol. The van der Waals surface area contributed by atoms with Crippen molar-refractivity contribution in [1.29, 1.82) is 0 Å². The summed E-state index contributed by atoms with van der Waals surface area (Å²) in [6, 6.07) is 9.42. The number of amides is 2. The SMILES string of the molecule is Cc1c(OCCCNC(=O)OC(C)(C)C)ccc(C(C)N2C3CCC2CC(NC(=O)c2ccc(F)c(Cl)c2)C3)c1C. The van der Waals surface area contributed by atoms with Crippen LogP contribution in [0.1, 0.15) is 92.9 Å². The summed E-state index contributed by atoms with van der Waals surface area (Å²) in [6.07, 6.45) is 4.26. The van der Waals surface area contributed by atoms with E-state index < -0.39 is 17.5 Å². The minimum absolute atomic E-state index is 0.0429. The number of alkyl carbamates (subject to hydrolysis) is 1. The van der Waals surface area contributed by atoms with Crippen LogP contribution in [0.25, 0.3) is 0 Å². The van der Waals surface area contributed by atoms with Gasteiger partial charge in [-0.05, 0) is 115 Å². The number of hydrogen-bond donors (Lipinski definition) is 2. The highest BCUT2D eigenvalue weighted by Crippen LogP contribution is 2.43. The van der Waals surface area contributed by atoms with Gasteiger partial charge in [0.1, 0.15) is 17.2 Å². The number of nitrogens with one attached hydrogen (secondary N) is 2. The van der Waals surface area contributed by atoms with Gasteiger partial charge >= 0.3 is 6.09 Å². The lowest BCUT2D eigenvalue weighted by Gasteiger charge is -2.43. The predicted molar refractivity (Wildman–Crippen MR) is 159 cm³/mol. The fourth-order valence-electron chi connectivity index (χ4n) is 6.21. The van der Waals surface area contributed by atoms with Crippen molar-refractivity contribution in [2.45, 2.75) is 103 Å². The van der Waals surface area contributed by atoms with Gasteiger partial charge < -0.3 is 20.1 Å². The molecule has 0 radical (unpaired) electrons. The van der Waals surface area contributed by atoms with E-state index in [1.54, 1.807) is 0 Å². The first-order chi connectivity index (χ1) is 19.3. The van der Waals surface area contributed by atoms with E-state index in [2.05, 4.69) is 48.4 Å². The van der Waals surface area contributed by atoms with Crippen molar-refractivity contribution < 1.29 is 23.5 Å². The molecule has 4 rings (SSSR count). The minimum atomic E-state index is -0.527. The van der Waals surface area contributed by atoms with E-state index in [0.29, 0.717) is 37.2 Å². The highest BCUT2D eigenvalue weighted by atomic mass is 35.5. The van der Waals surface area contributed by atoms with Crippen molar-refractivity contribution in [3.05, 3.63) is 63.4 Å². The van der Waals surface area contributed by atoms with E-state index in [1.807, 2.05) is 20.8 Å². The third-order valence-electron chi connectivity index (χ3n) is 8.23. The minimum Gasteiger partial charge on any atom is -0.493 e. The third kappa shape index (κ3) is 7.72. The molecule has 224 valence electrons. The van der Waals surface area contributed by atoms with Gasteiger partial charge in [0.05, 0.1) is 11.6 Å². The van der Waals surface area contributed by atoms with Crippen LogP contribution in [-0.4, -0.2) is 53.8 Å². The largest absolute Gasteiger partial charge is 0.493 e. The Balaban J connectivity index is 1.31. The van der Waals surface area contributed by atoms with Gasteiger partial charge in [-0.15, -0.1) is 0 Å². The zero-order valence-corrected chi connectivity index (χ0v) is 25.7. The number of halogens is 2. The number of benzene rings is 2. The van der Waals surface area contributed by atoms with Crippen LogP contribution in [0.5, 0.6) is 5.75 Å². The maximum Gasteiger partial charge on any atom is 0.407 e. The molecule has 2 aliphatic rings. The molecular weight excluding hydrogens is 545 g/mol. The van der Waals surface area contributed by atoms with E-state index >= 15 is 0 Å². The van der Waals surface area contributed by atoms with E-state index in [-0.39, 0.29) is 23.0 Å². The number of hydrogen-bond acceptors (Lipinski definition) is 5. The molecular formula is C32H43ClFN3O4. The van der Waals surface area contributed by atoms with Crippen LogP contribution in [0.15, 0.2) is 30.3 Å². The number of carbonyl (C=O) groups excluding carboxylic acids is 2. The lowest BCUT2D eigenvalue weighted by atomic mass is 9.91. The molecule has 2 amide bonds. The summed E-state index contributed by atoms with van der Waals surface area (Å²) in [4.78, 5) is 27.2. The van der Waals surface area contributed by atoms with Crippen LogP contribution in [-0.2, 0) is 4.74 Å². The van der Waals surface area contributed by atoms with Gasteiger partial charge in [0.2, 0.25) is 0 Å². The molecule has 0 aromatic heterocycles. The van der Waals surface area contributed by atoms with Gasteiger partial charge in [-0.1, -0.05) is 17.7 Å². The summed E-state index contributed by atoms with van der Waals surface area (Å²) in [5.41, 5.74) is 3.51. The molecule has 2 aromatic carbocycles. The lowest BCUT2D eigenvalue weighted by molar-refractivity contribution is 0.0525. The Labute approximate surface area is 248 Å². The summed E-state index contributed by atoms with van der Waals surface area (Å²) in [7, 11) is 0. The summed E-state index contributed by atoms with van der Waals surface area (Å²) >= 11 is 5.88. The second-order valence-electron chi connectivity index (χ2n) is 12.3. The number of carbonyl (C=O) groups is 2. The Morgan fingerprint density at radius 3 is 2.41 bits per heavy atom. The van der Waals surface area contributed by atoms with Crippen LogP contribution in [0.3, 0.4) is 0 Å². The highest BCUT2D eigenvalue weighted by Gasteiger charge is 2.43. The second kappa shape index (κ2) is 13.0. The van der Waals surface area contributed by atoms with Crippen molar-refractivity contribution in [2.24, 2.45) is 0 Å². The molecule has 3 unspecified atom stereocenters. The Hall–Kier alpha value is -2.84. The summed E-state index contributed by atoms with van der Waals surface area (Å²) in [5, 5.41) is 5.88. The molecule has 2 N–H and O–H groups in total. The van der Waals surface area contributed by atoms with Gasteiger partial charge in [-0.3, -0.25) is 9.69 Å². The van der Waals surface area contributed by atoms with Crippen molar-refractivity contribution in [2.75, 3.05) is 13.2 Å². The second-order valence-corrected chi connectivity index (χ2v) is 12.7. The smallest absolute Gasteiger partial charge is 0.407 e. The first-order valence-corrected chi connectivity index (χ1v) is 14.9. The van der Waals surface area contributed by atoms with Gasteiger partial charge in [0, 0.05) is 36.3 Å². The molecule has 2 saturated heterocycles. The molecule has 2 bridgehead atoms. The Morgan fingerprint density at radius 2 is 1.78 bits per heavy atom. The van der Waals surface area contributed by atoms with Crippen LogP contribution >= 0.6 is 11.6 Å². The van der Waals surface area contributed by atoms with Crippen LogP contribution in [0.4, 0.5) is 9.18 Å². The zero-order chi connectivity index (χ0) is 29.9. The average Bonchev–Trinajstić information content (AvgIpc) is 3.16. The van der Waals surface area contributed by atoms with Crippen LogP contribution in [0.2, 0.25) is 5.02 Å².